The standard InChI is InChI=1S/C15H18N2O4S2/c1-3-21-15(20)6-14-17(13(19)10-23-14)8-12(18)16(2)7-11-4-5-22-9-11/h4-6,9H,3,7-8,10H2,1-2H3. The second-order valence-corrected chi connectivity index (χ2v) is 6.66. The Labute approximate surface area is 143 Å². The average molecular weight is 354 g/mol. The van der Waals surface area contributed by atoms with Crippen molar-refractivity contribution < 1.29 is 19.1 Å². The third kappa shape index (κ3) is 4.84. The van der Waals surface area contributed by atoms with Crippen molar-refractivity contribution in [3.63, 3.8) is 0 Å². The Bertz CT molecular complexity index is 613. The molecule has 1 aliphatic rings. The number of thiophene rings is 1. The number of likely N-dealkylation sites (N-methyl/N-ethyl adjacent to an activating group) is 1. The maximum absolute atomic E-state index is 12.3. The predicted molar refractivity (Wildman–Crippen MR) is 89.7 cm³/mol. The van der Waals surface area contributed by atoms with Gasteiger partial charge in [-0.25, -0.2) is 4.79 Å². The number of nitrogens with zero attached hydrogens (tertiary/aromatic N) is 2. The lowest BCUT2D eigenvalue weighted by molar-refractivity contribution is -0.138. The molecule has 0 unspecified atom stereocenters. The van der Waals surface area contributed by atoms with Crippen LogP contribution >= 0.6 is 23.1 Å². The molecule has 124 valence electrons. The van der Waals surface area contributed by atoms with Gasteiger partial charge in [0.1, 0.15) is 6.54 Å². The maximum Gasteiger partial charge on any atom is 0.333 e. The molecular weight excluding hydrogens is 336 g/mol. The highest BCUT2D eigenvalue weighted by molar-refractivity contribution is 8.04. The van der Waals surface area contributed by atoms with Crippen LogP contribution in [0.5, 0.6) is 0 Å². The summed E-state index contributed by atoms with van der Waals surface area (Å²) in [6, 6.07) is 1.96. The summed E-state index contributed by atoms with van der Waals surface area (Å²) in [7, 11) is 1.70. The first kappa shape index (κ1) is 17.6. The van der Waals surface area contributed by atoms with Gasteiger partial charge in [0.15, 0.2) is 0 Å². The van der Waals surface area contributed by atoms with Crippen LogP contribution in [0.2, 0.25) is 0 Å². The van der Waals surface area contributed by atoms with Gasteiger partial charge in [-0.3, -0.25) is 14.5 Å². The van der Waals surface area contributed by atoms with Crippen molar-refractivity contribution in [1.82, 2.24) is 9.80 Å². The van der Waals surface area contributed by atoms with Crippen molar-refractivity contribution in [1.29, 1.82) is 0 Å². The topological polar surface area (TPSA) is 66.9 Å². The van der Waals surface area contributed by atoms with E-state index in [1.54, 1.807) is 30.2 Å². The molecule has 1 saturated heterocycles. The highest BCUT2D eigenvalue weighted by atomic mass is 32.2. The molecule has 0 atom stereocenters. The van der Waals surface area contributed by atoms with E-state index in [4.69, 9.17) is 4.74 Å². The summed E-state index contributed by atoms with van der Waals surface area (Å²) < 4.78 is 4.85. The van der Waals surface area contributed by atoms with Crippen LogP contribution in [0.15, 0.2) is 27.9 Å². The van der Waals surface area contributed by atoms with Crippen molar-refractivity contribution in [3.8, 4) is 0 Å². The number of carbonyl (C=O) groups excluding carboxylic acids is 3. The molecule has 6 nitrogen and oxygen atoms in total. The smallest absolute Gasteiger partial charge is 0.333 e. The first-order valence-electron chi connectivity index (χ1n) is 7.08. The van der Waals surface area contributed by atoms with E-state index in [0.717, 1.165) is 5.56 Å². The molecule has 0 radical (unpaired) electrons. The largest absolute Gasteiger partial charge is 0.463 e. The molecule has 1 aromatic rings. The first-order chi connectivity index (χ1) is 11.0. The molecule has 0 aromatic carbocycles. The highest BCUT2D eigenvalue weighted by Crippen LogP contribution is 2.28. The van der Waals surface area contributed by atoms with Gasteiger partial charge in [-0.2, -0.15) is 11.3 Å². The number of carbonyl (C=O) groups is 3. The van der Waals surface area contributed by atoms with E-state index in [9.17, 15) is 14.4 Å². The Balaban J connectivity index is 1.99. The number of amides is 2. The second kappa shape index (κ2) is 8.16. The summed E-state index contributed by atoms with van der Waals surface area (Å²) in [6.45, 7) is 2.40. The van der Waals surface area contributed by atoms with Crippen LogP contribution in [0.4, 0.5) is 0 Å². The van der Waals surface area contributed by atoms with E-state index < -0.39 is 5.97 Å². The fourth-order valence-corrected chi connectivity index (χ4v) is 3.57. The van der Waals surface area contributed by atoms with Gasteiger partial charge in [0, 0.05) is 13.6 Å². The number of esters is 1. The summed E-state index contributed by atoms with van der Waals surface area (Å²) in [6.07, 6.45) is 1.27. The van der Waals surface area contributed by atoms with Crippen molar-refractivity contribution in [3.05, 3.63) is 33.5 Å². The lowest BCUT2D eigenvalue weighted by Crippen LogP contribution is -2.38. The van der Waals surface area contributed by atoms with Gasteiger partial charge in [-0.05, 0) is 29.3 Å². The average Bonchev–Trinajstić information content (AvgIpc) is 3.12. The zero-order valence-electron chi connectivity index (χ0n) is 13.0. The zero-order valence-corrected chi connectivity index (χ0v) is 14.6. The Hall–Kier alpha value is -1.80. The zero-order chi connectivity index (χ0) is 16.8. The summed E-state index contributed by atoms with van der Waals surface area (Å²) in [5.41, 5.74) is 1.05. The fourth-order valence-electron chi connectivity index (χ4n) is 1.99. The normalized spacial score (nSPS) is 16.0. The number of thioether (sulfide) groups is 1. The maximum atomic E-state index is 12.3. The molecule has 1 aromatic heterocycles. The Morgan fingerprint density at radius 3 is 2.91 bits per heavy atom. The van der Waals surface area contributed by atoms with Crippen molar-refractivity contribution in [2.24, 2.45) is 0 Å². The van der Waals surface area contributed by atoms with Crippen LogP contribution in [0.1, 0.15) is 12.5 Å². The van der Waals surface area contributed by atoms with Crippen LogP contribution in [0.25, 0.3) is 0 Å². The van der Waals surface area contributed by atoms with Gasteiger partial charge in [0.2, 0.25) is 11.8 Å². The molecule has 0 N–H and O–H groups in total. The summed E-state index contributed by atoms with van der Waals surface area (Å²) in [5, 5.41) is 4.40. The van der Waals surface area contributed by atoms with E-state index in [-0.39, 0.29) is 30.7 Å². The highest BCUT2D eigenvalue weighted by Gasteiger charge is 2.30. The number of hydrogen-bond donors (Lipinski definition) is 0. The summed E-state index contributed by atoms with van der Waals surface area (Å²) >= 11 is 2.81. The van der Waals surface area contributed by atoms with E-state index in [1.165, 1.54) is 22.7 Å². The van der Waals surface area contributed by atoms with Crippen LogP contribution in [0.3, 0.4) is 0 Å². The number of ether oxygens (including phenoxy) is 1. The molecule has 1 aliphatic heterocycles. The number of hydrogen-bond acceptors (Lipinski definition) is 6. The summed E-state index contributed by atoms with van der Waals surface area (Å²) in [4.78, 5) is 38.7. The monoisotopic (exact) mass is 354 g/mol. The quantitative estimate of drug-likeness (QED) is 0.574. The van der Waals surface area contributed by atoms with Gasteiger partial charge in [-0.1, -0.05) is 11.8 Å². The molecule has 2 amide bonds. The molecule has 0 aliphatic carbocycles. The third-order valence-electron chi connectivity index (χ3n) is 3.16. The molecule has 23 heavy (non-hydrogen) atoms. The third-order valence-corrected chi connectivity index (χ3v) is 4.91. The van der Waals surface area contributed by atoms with E-state index in [2.05, 4.69) is 0 Å². The Morgan fingerprint density at radius 1 is 1.48 bits per heavy atom. The molecule has 2 rings (SSSR count). The minimum atomic E-state index is -0.506. The van der Waals surface area contributed by atoms with Gasteiger partial charge >= 0.3 is 5.97 Å². The van der Waals surface area contributed by atoms with Crippen molar-refractivity contribution in [2.45, 2.75) is 13.5 Å². The van der Waals surface area contributed by atoms with Crippen LogP contribution in [-0.2, 0) is 25.7 Å². The molecule has 0 spiro atoms. The molecule has 0 bridgehead atoms. The van der Waals surface area contributed by atoms with Crippen LogP contribution in [-0.4, -0.2) is 53.5 Å². The molecule has 0 saturated carbocycles. The van der Waals surface area contributed by atoms with Gasteiger partial charge in [0.05, 0.1) is 23.5 Å². The van der Waals surface area contributed by atoms with Gasteiger partial charge < -0.3 is 9.64 Å². The van der Waals surface area contributed by atoms with Gasteiger partial charge in [-0.15, -0.1) is 0 Å². The summed E-state index contributed by atoms with van der Waals surface area (Å²) in [5.74, 6) is -0.634. The SMILES string of the molecule is CCOC(=O)C=C1SCC(=O)N1CC(=O)N(C)Cc1ccsc1. The number of rotatable bonds is 6. The van der Waals surface area contributed by atoms with E-state index >= 15 is 0 Å². The molecule has 1 fully saturated rings. The lowest BCUT2D eigenvalue weighted by atomic mass is 10.3. The van der Waals surface area contributed by atoms with Crippen molar-refractivity contribution in [2.75, 3.05) is 26.0 Å². The fraction of sp³-hybridized carbons (Fsp3) is 0.400. The minimum Gasteiger partial charge on any atom is -0.463 e. The van der Waals surface area contributed by atoms with Crippen molar-refractivity contribution >= 4 is 40.9 Å². The van der Waals surface area contributed by atoms with E-state index in [1.807, 2.05) is 16.8 Å². The minimum absolute atomic E-state index is 0.0717. The Kier molecular flexibility index (Phi) is 6.23. The molecule has 8 heteroatoms. The first-order valence-corrected chi connectivity index (χ1v) is 9.00. The Morgan fingerprint density at radius 2 is 2.26 bits per heavy atom. The predicted octanol–water partition coefficient (Wildman–Crippen LogP) is 1.69. The van der Waals surface area contributed by atoms with Gasteiger partial charge in [0.25, 0.3) is 0 Å². The van der Waals surface area contributed by atoms with Crippen LogP contribution < -0.4 is 0 Å². The molecular formula is C15H18N2O4S2. The second-order valence-electron chi connectivity index (χ2n) is 4.88. The lowest BCUT2D eigenvalue weighted by Gasteiger charge is -2.21. The van der Waals surface area contributed by atoms with Crippen LogP contribution in [0, 0.1) is 0 Å². The molecule has 2 heterocycles. The van der Waals surface area contributed by atoms with E-state index in [0.29, 0.717) is 11.6 Å².